The summed E-state index contributed by atoms with van der Waals surface area (Å²) in [5, 5.41) is 6.09. The fourth-order valence-corrected chi connectivity index (χ4v) is 1.27. The zero-order valence-corrected chi connectivity index (χ0v) is 8.31. The molecule has 82 valence electrons. The number of carbonyl (C=O) groups is 1. The van der Waals surface area contributed by atoms with Gasteiger partial charge in [-0.15, -0.1) is 0 Å². The molecule has 0 aliphatic carbocycles. The maximum absolute atomic E-state index is 11.7. The minimum atomic E-state index is -0.340. The van der Waals surface area contributed by atoms with Crippen LogP contribution in [-0.4, -0.2) is 11.1 Å². The van der Waals surface area contributed by atoms with Crippen molar-refractivity contribution in [3.63, 3.8) is 0 Å². The molecule has 6 nitrogen and oxygen atoms in total. The van der Waals surface area contributed by atoms with Crippen molar-refractivity contribution in [1.82, 2.24) is 5.16 Å². The Hall–Kier alpha value is -2.50. The van der Waals surface area contributed by atoms with Crippen LogP contribution in [0.5, 0.6) is 0 Å². The molecule has 0 unspecified atom stereocenters. The molecule has 16 heavy (non-hydrogen) atoms. The van der Waals surface area contributed by atoms with E-state index in [0.29, 0.717) is 22.8 Å². The van der Waals surface area contributed by atoms with E-state index in [1.165, 1.54) is 24.5 Å². The lowest BCUT2D eigenvalue weighted by molar-refractivity contribution is 0.102. The minimum absolute atomic E-state index is 0.339. The van der Waals surface area contributed by atoms with Gasteiger partial charge < -0.3 is 21.3 Å². The summed E-state index contributed by atoms with van der Waals surface area (Å²) in [5.74, 6) is -0.00102. The number of nitrogens with two attached hydrogens (primary N) is 2. The van der Waals surface area contributed by atoms with E-state index in [9.17, 15) is 4.79 Å². The molecule has 0 bridgehead atoms. The number of aromatic nitrogens is 1. The molecule has 0 radical (unpaired) electrons. The quantitative estimate of drug-likeness (QED) is 0.654. The van der Waals surface area contributed by atoms with E-state index in [-0.39, 0.29) is 5.91 Å². The Morgan fingerprint density at radius 2 is 1.94 bits per heavy atom. The first-order valence-corrected chi connectivity index (χ1v) is 4.53. The molecule has 0 saturated carbocycles. The van der Waals surface area contributed by atoms with Gasteiger partial charge in [-0.3, -0.25) is 4.79 Å². The summed E-state index contributed by atoms with van der Waals surface area (Å²) >= 11 is 0. The number of nitrogens with zero attached hydrogens (tertiary/aromatic N) is 1. The molecule has 6 heteroatoms. The van der Waals surface area contributed by atoms with Gasteiger partial charge in [0.25, 0.3) is 5.91 Å². The molecule has 1 aromatic heterocycles. The molecule has 0 saturated heterocycles. The molecule has 0 atom stereocenters. The monoisotopic (exact) mass is 218 g/mol. The number of amides is 1. The van der Waals surface area contributed by atoms with E-state index in [4.69, 9.17) is 11.5 Å². The SMILES string of the molecule is Nc1cc(N)cc(C(=O)Nc2ccon2)c1. The summed E-state index contributed by atoms with van der Waals surface area (Å²) < 4.78 is 4.58. The second-order valence-corrected chi connectivity index (χ2v) is 3.23. The van der Waals surface area contributed by atoms with Crippen LogP contribution in [0.2, 0.25) is 0 Å². The van der Waals surface area contributed by atoms with Crippen LogP contribution in [0.25, 0.3) is 0 Å². The van der Waals surface area contributed by atoms with E-state index in [1.807, 2.05) is 0 Å². The molecular formula is C10H10N4O2. The highest BCUT2D eigenvalue weighted by atomic mass is 16.5. The van der Waals surface area contributed by atoms with E-state index in [2.05, 4.69) is 15.0 Å². The van der Waals surface area contributed by atoms with Crippen molar-refractivity contribution in [3.05, 3.63) is 36.1 Å². The first-order valence-electron chi connectivity index (χ1n) is 4.53. The smallest absolute Gasteiger partial charge is 0.257 e. The maximum Gasteiger partial charge on any atom is 0.257 e. The number of carbonyl (C=O) groups excluding carboxylic acids is 1. The van der Waals surface area contributed by atoms with Gasteiger partial charge in [-0.1, -0.05) is 5.16 Å². The normalized spacial score (nSPS) is 10.0. The van der Waals surface area contributed by atoms with Crippen molar-refractivity contribution in [2.24, 2.45) is 0 Å². The van der Waals surface area contributed by atoms with Crippen LogP contribution in [0.4, 0.5) is 17.2 Å². The molecule has 1 aromatic carbocycles. The molecule has 0 aliphatic rings. The molecule has 5 N–H and O–H groups in total. The predicted octanol–water partition coefficient (Wildman–Crippen LogP) is 1.09. The average Bonchev–Trinajstić information content (AvgIpc) is 2.68. The van der Waals surface area contributed by atoms with Gasteiger partial charge >= 0.3 is 0 Å². The van der Waals surface area contributed by atoms with Crippen molar-refractivity contribution in [2.45, 2.75) is 0 Å². The number of rotatable bonds is 2. The summed E-state index contributed by atoms with van der Waals surface area (Å²) in [7, 11) is 0. The molecule has 1 heterocycles. The van der Waals surface area contributed by atoms with Crippen molar-refractivity contribution in [2.75, 3.05) is 16.8 Å². The predicted molar refractivity (Wildman–Crippen MR) is 59.7 cm³/mol. The van der Waals surface area contributed by atoms with Gasteiger partial charge in [-0.25, -0.2) is 0 Å². The fourth-order valence-electron chi connectivity index (χ4n) is 1.27. The summed E-state index contributed by atoms with van der Waals surface area (Å²) in [5.41, 5.74) is 12.4. The lowest BCUT2D eigenvalue weighted by atomic mass is 10.1. The highest BCUT2D eigenvalue weighted by Gasteiger charge is 2.08. The highest BCUT2D eigenvalue weighted by molar-refractivity contribution is 6.04. The van der Waals surface area contributed by atoms with Crippen molar-refractivity contribution < 1.29 is 9.32 Å². The topological polar surface area (TPSA) is 107 Å². The van der Waals surface area contributed by atoms with Crippen molar-refractivity contribution >= 4 is 23.1 Å². The van der Waals surface area contributed by atoms with Crippen LogP contribution in [0, 0.1) is 0 Å². The summed E-state index contributed by atoms with van der Waals surface area (Å²) in [6, 6.07) is 6.18. The number of nitrogens with one attached hydrogen (secondary N) is 1. The largest absolute Gasteiger partial charge is 0.399 e. The van der Waals surface area contributed by atoms with Gasteiger partial charge in [0, 0.05) is 23.0 Å². The second-order valence-electron chi connectivity index (χ2n) is 3.23. The van der Waals surface area contributed by atoms with Crippen LogP contribution in [0.15, 0.2) is 35.1 Å². The molecule has 0 fully saturated rings. The van der Waals surface area contributed by atoms with Gasteiger partial charge in [0.05, 0.1) is 0 Å². The summed E-state index contributed by atoms with van der Waals surface area (Å²) in [6.07, 6.45) is 1.36. The van der Waals surface area contributed by atoms with Gasteiger partial charge in [-0.2, -0.15) is 0 Å². The van der Waals surface area contributed by atoms with E-state index >= 15 is 0 Å². The Morgan fingerprint density at radius 3 is 2.50 bits per heavy atom. The lowest BCUT2D eigenvalue weighted by Gasteiger charge is -2.04. The zero-order valence-electron chi connectivity index (χ0n) is 8.31. The Kier molecular flexibility index (Phi) is 2.47. The molecular weight excluding hydrogens is 208 g/mol. The van der Waals surface area contributed by atoms with E-state index in [0.717, 1.165) is 0 Å². The van der Waals surface area contributed by atoms with Gasteiger partial charge in [-0.05, 0) is 18.2 Å². The number of hydrogen-bond donors (Lipinski definition) is 3. The third-order valence-electron chi connectivity index (χ3n) is 1.92. The Labute approximate surface area is 91.2 Å². The van der Waals surface area contributed by atoms with Gasteiger partial charge in [0.1, 0.15) is 6.26 Å². The number of nitrogen functional groups attached to an aromatic ring is 2. The number of benzene rings is 1. The van der Waals surface area contributed by atoms with Crippen LogP contribution >= 0.6 is 0 Å². The Morgan fingerprint density at radius 1 is 1.25 bits per heavy atom. The first-order chi connectivity index (χ1) is 7.65. The fraction of sp³-hybridized carbons (Fsp3) is 0. The lowest BCUT2D eigenvalue weighted by Crippen LogP contribution is -2.12. The molecule has 2 rings (SSSR count). The molecule has 0 spiro atoms. The molecule has 0 aliphatic heterocycles. The maximum atomic E-state index is 11.7. The minimum Gasteiger partial charge on any atom is -0.399 e. The second kappa shape index (κ2) is 3.93. The summed E-state index contributed by atoms with van der Waals surface area (Å²) in [4.78, 5) is 11.7. The molecule has 2 aromatic rings. The molecule has 1 amide bonds. The average molecular weight is 218 g/mol. The Balaban J connectivity index is 2.21. The highest BCUT2D eigenvalue weighted by Crippen LogP contribution is 2.15. The van der Waals surface area contributed by atoms with Crippen molar-refractivity contribution in [1.29, 1.82) is 0 Å². The zero-order chi connectivity index (χ0) is 11.5. The number of hydrogen-bond acceptors (Lipinski definition) is 5. The standard InChI is InChI=1S/C10H10N4O2/c11-7-3-6(4-8(12)5-7)10(15)13-9-1-2-16-14-9/h1-5H,11-12H2,(H,13,14,15). The third kappa shape index (κ3) is 2.11. The van der Waals surface area contributed by atoms with Crippen LogP contribution < -0.4 is 16.8 Å². The van der Waals surface area contributed by atoms with Crippen LogP contribution in [0.1, 0.15) is 10.4 Å². The van der Waals surface area contributed by atoms with E-state index < -0.39 is 0 Å². The summed E-state index contributed by atoms with van der Waals surface area (Å²) in [6.45, 7) is 0. The Bertz CT molecular complexity index is 487. The first kappa shape index (κ1) is 10.0. The van der Waals surface area contributed by atoms with Gasteiger partial charge in [0.15, 0.2) is 5.82 Å². The van der Waals surface area contributed by atoms with Crippen LogP contribution in [0.3, 0.4) is 0 Å². The van der Waals surface area contributed by atoms with Crippen molar-refractivity contribution in [3.8, 4) is 0 Å². The van der Waals surface area contributed by atoms with Gasteiger partial charge in [0.2, 0.25) is 0 Å². The third-order valence-corrected chi connectivity index (χ3v) is 1.92. The van der Waals surface area contributed by atoms with Crippen LogP contribution in [-0.2, 0) is 0 Å². The number of anilines is 3. The van der Waals surface area contributed by atoms with E-state index in [1.54, 1.807) is 6.07 Å².